The summed E-state index contributed by atoms with van der Waals surface area (Å²) in [6.07, 6.45) is 0.528. The zero-order valence-electron chi connectivity index (χ0n) is 17.0. The number of thiophene rings is 1. The molecule has 9 heteroatoms. The second-order valence-corrected chi connectivity index (χ2v) is 8.85. The molecule has 0 bridgehead atoms. The SMILES string of the molecule is CC(=O)c1ccc(NC(=O)[C@@H](C)OC(=O)CSc2ncnc3sc(C)c(C)c23)cc1. The number of benzene rings is 1. The molecule has 1 aromatic carbocycles. The summed E-state index contributed by atoms with van der Waals surface area (Å²) in [5.41, 5.74) is 2.18. The molecule has 2 heterocycles. The third-order valence-electron chi connectivity index (χ3n) is 4.49. The molecular formula is C21H21N3O4S2. The number of hydrogen-bond acceptors (Lipinski definition) is 8. The Kier molecular flexibility index (Phi) is 6.84. The molecule has 0 aliphatic heterocycles. The van der Waals surface area contributed by atoms with Crippen LogP contribution in [0, 0.1) is 13.8 Å². The van der Waals surface area contributed by atoms with Crippen LogP contribution < -0.4 is 5.32 Å². The molecular weight excluding hydrogens is 422 g/mol. The number of carbonyl (C=O) groups is 3. The van der Waals surface area contributed by atoms with Crippen molar-refractivity contribution in [3.05, 3.63) is 46.6 Å². The van der Waals surface area contributed by atoms with Crippen LogP contribution >= 0.6 is 23.1 Å². The van der Waals surface area contributed by atoms with Gasteiger partial charge in [0.25, 0.3) is 5.91 Å². The summed E-state index contributed by atoms with van der Waals surface area (Å²) in [5, 5.41) is 4.35. The highest BCUT2D eigenvalue weighted by atomic mass is 32.2. The molecule has 1 N–H and O–H groups in total. The molecule has 3 rings (SSSR count). The molecule has 7 nitrogen and oxygen atoms in total. The zero-order valence-corrected chi connectivity index (χ0v) is 18.6. The molecule has 3 aromatic rings. The first kappa shape index (κ1) is 21.9. The van der Waals surface area contributed by atoms with Gasteiger partial charge in [0.2, 0.25) is 0 Å². The minimum atomic E-state index is -0.957. The molecule has 0 aliphatic carbocycles. The third-order valence-corrected chi connectivity index (χ3v) is 6.57. The maximum absolute atomic E-state index is 12.3. The second-order valence-electron chi connectivity index (χ2n) is 6.69. The molecule has 0 fully saturated rings. The number of nitrogens with zero attached hydrogens (tertiary/aromatic N) is 2. The Balaban J connectivity index is 1.55. The van der Waals surface area contributed by atoms with Crippen molar-refractivity contribution >= 4 is 56.7 Å². The summed E-state index contributed by atoms with van der Waals surface area (Å²) in [6, 6.07) is 6.51. The van der Waals surface area contributed by atoms with Crippen molar-refractivity contribution in [2.24, 2.45) is 0 Å². The van der Waals surface area contributed by atoms with Gasteiger partial charge in [-0.2, -0.15) is 0 Å². The van der Waals surface area contributed by atoms with Crippen molar-refractivity contribution in [2.75, 3.05) is 11.1 Å². The molecule has 0 unspecified atom stereocenters. The molecule has 1 atom stereocenters. The summed E-state index contributed by atoms with van der Waals surface area (Å²) in [6.45, 7) is 7.02. The number of thioether (sulfide) groups is 1. The van der Waals surface area contributed by atoms with E-state index in [9.17, 15) is 14.4 Å². The van der Waals surface area contributed by atoms with E-state index in [1.807, 2.05) is 13.8 Å². The van der Waals surface area contributed by atoms with Gasteiger partial charge in [-0.15, -0.1) is 11.3 Å². The van der Waals surface area contributed by atoms with Crippen LogP contribution in [-0.2, 0) is 14.3 Å². The van der Waals surface area contributed by atoms with Gasteiger partial charge in [0, 0.05) is 21.5 Å². The van der Waals surface area contributed by atoms with E-state index in [2.05, 4.69) is 15.3 Å². The number of anilines is 1. The van der Waals surface area contributed by atoms with E-state index in [-0.39, 0.29) is 11.5 Å². The van der Waals surface area contributed by atoms with Gasteiger partial charge in [0.05, 0.1) is 5.75 Å². The van der Waals surface area contributed by atoms with Crippen molar-refractivity contribution in [3.8, 4) is 0 Å². The van der Waals surface area contributed by atoms with E-state index in [1.165, 1.54) is 31.9 Å². The minimum absolute atomic E-state index is 0.0331. The summed E-state index contributed by atoms with van der Waals surface area (Å²) in [5.74, 6) is -0.976. The lowest BCUT2D eigenvalue weighted by atomic mass is 10.1. The number of ether oxygens (including phenoxy) is 1. The summed E-state index contributed by atoms with van der Waals surface area (Å²) >= 11 is 2.86. The molecule has 0 radical (unpaired) electrons. The molecule has 2 aromatic heterocycles. The monoisotopic (exact) mass is 443 g/mol. The van der Waals surface area contributed by atoms with Crippen LogP contribution in [-0.4, -0.2) is 39.5 Å². The van der Waals surface area contributed by atoms with Gasteiger partial charge in [-0.3, -0.25) is 14.4 Å². The first-order valence-corrected chi connectivity index (χ1v) is 11.0. The number of nitrogens with one attached hydrogen (secondary N) is 1. The summed E-state index contributed by atoms with van der Waals surface area (Å²) < 4.78 is 5.25. The molecule has 0 saturated carbocycles. The van der Waals surface area contributed by atoms with Crippen LogP contribution in [0.25, 0.3) is 10.2 Å². The highest BCUT2D eigenvalue weighted by Gasteiger charge is 2.19. The van der Waals surface area contributed by atoms with Crippen LogP contribution in [0.3, 0.4) is 0 Å². The number of ketones is 1. The lowest BCUT2D eigenvalue weighted by Crippen LogP contribution is -2.30. The number of aryl methyl sites for hydroxylation is 2. The third kappa shape index (κ3) is 5.03. The molecule has 0 aliphatic rings. The molecule has 0 spiro atoms. The number of rotatable bonds is 7. The fraction of sp³-hybridized carbons (Fsp3) is 0.286. The first-order chi connectivity index (χ1) is 14.3. The van der Waals surface area contributed by atoms with Crippen LogP contribution in [0.1, 0.15) is 34.6 Å². The fourth-order valence-corrected chi connectivity index (χ4v) is 4.60. The number of esters is 1. The van der Waals surface area contributed by atoms with E-state index in [0.29, 0.717) is 11.3 Å². The highest BCUT2D eigenvalue weighted by molar-refractivity contribution is 8.00. The number of hydrogen-bond donors (Lipinski definition) is 1. The number of carbonyl (C=O) groups excluding carboxylic acids is 3. The van der Waals surface area contributed by atoms with Crippen molar-refractivity contribution in [3.63, 3.8) is 0 Å². The quantitative estimate of drug-likeness (QED) is 0.253. The van der Waals surface area contributed by atoms with Gasteiger partial charge in [0.15, 0.2) is 11.9 Å². The minimum Gasteiger partial charge on any atom is -0.452 e. The Hall–Kier alpha value is -2.78. The maximum Gasteiger partial charge on any atom is 0.317 e. The van der Waals surface area contributed by atoms with Crippen molar-refractivity contribution in [1.82, 2.24) is 9.97 Å². The van der Waals surface area contributed by atoms with Crippen molar-refractivity contribution in [2.45, 2.75) is 38.8 Å². The smallest absolute Gasteiger partial charge is 0.317 e. The van der Waals surface area contributed by atoms with E-state index in [0.717, 1.165) is 25.7 Å². The van der Waals surface area contributed by atoms with Crippen LogP contribution in [0.15, 0.2) is 35.6 Å². The van der Waals surface area contributed by atoms with Gasteiger partial charge in [0.1, 0.15) is 16.2 Å². The Labute approximate surface area is 182 Å². The van der Waals surface area contributed by atoms with Crippen molar-refractivity contribution in [1.29, 1.82) is 0 Å². The van der Waals surface area contributed by atoms with E-state index in [4.69, 9.17) is 4.74 Å². The molecule has 30 heavy (non-hydrogen) atoms. The molecule has 0 saturated heterocycles. The number of aromatic nitrogens is 2. The largest absolute Gasteiger partial charge is 0.452 e. The van der Waals surface area contributed by atoms with Crippen molar-refractivity contribution < 1.29 is 19.1 Å². The maximum atomic E-state index is 12.3. The Morgan fingerprint density at radius 2 is 1.87 bits per heavy atom. The van der Waals surface area contributed by atoms with Crippen LogP contribution in [0.2, 0.25) is 0 Å². The molecule has 156 valence electrons. The van der Waals surface area contributed by atoms with E-state index >= 15 is 0 Å². The predicted octanol–water partition coefficient (Wildman–Crippen LogP) is 4.17. The van der Waals surface area contributed by atoms with Gasteiger partial charge >= 0.3 is 5.97 Å². The Morgan fingerprint density at radius 3 is 2.53 bits per heavy atom. The Morgan fingerprint density at radius 1 is 1.17 bits per heavy atom. The standard InChI is InChI=1S/C21H21N3O4S2/c1-11-14(4)30-21-18(11)20(22-10-23-21)29-9-17(26)28-13(3)19(27)24-16-7-5-15(6-8-16)12(2)25/h5-8,10,13H,9H2,1-4H3,(H,24,27)/t13-/m1/s1. The number of fused-ring (bicyclic) bond motifs is 1. The van der Waals surface area contributed by atoms with Crippen LogP contribution in [0.5, 0.6) is 0 Å². The first-order valence-electron chi connectivity index (χ1n) is 9.21. The summed E-state index contributed by atoms with van der Waals surface area (Å²) in [4.78, 5) is 46.4. The zero-order chi connectivity index (χ0) is 21.8. The van der Waals surface area contributed by atoms with Gasteiger partial charge < -0.3 is 10.1 Å². The Bertz CT molecular complexity index is 1110. The molecule has 1 amide bonds. The van der Waals surface area contributed by atoms with Gasteiger partial charge in [-0.05, 0) is 57.5 Å². The van der Waals surface area contributed by atoms with E-state index < -0.39 is 18.0 Å². The number of amides is 1. The summed E-state index contributed by atoms with van der Waals surface area (Å²) in [7, 11) is 0. The lowest BCUT2D eigenvalue weighted by molar-refractivity contribution is -0.150. The second kappa shape index (κ2) is 9.36. The predicted molar refractivity (Wildman–Crippen MR) is 118 cm³/mol. The van der Waals surface area contributed by atoms with Gasteiger partial charge in [-0.25, -0.2) is 9.97 Å². The number of Topliss-reactive ketones (excluding diaryl/α,β-unsaturated/α-hetero) is 1. The lowest BCUT2D eigenvalue weighted by Gasteiger charge is -2.13. The average molecular weight is 444 g/mol. The fourth-order valence-electron chi connectivity index (χ4n) is 2.70. The highest BCUT2D eigenvalue weighted by Crippen LogP contribution is 2.34. The normalized spacial score (nSPS) is 11.9. The average Bonchev–Trinajstić information content (AvgIpc) is 3.01. The van der Waals surface area contributed by atoms with Crippen LogP contribution in [0.4, 0.5) is 5.69 Å². The van der Waals surface area contributed by atoms with Gasteiger partial charge in [-0.1, -0.05) is 11.8 Å². The topological polar surface area (TPSA) is 98.2 Å². The van der Waals surface area contributed by atoms with E-state index in [1.54, 1.807) is 35.6 Å².